The van der Waals surface area contributed by atoms with Crippen molar-refractivity contribution in [3.63, 3.8) is 0 Å². The van der Waals surface area contributed by atoms with E-state index in [2.05, 4.69) is 36.3 Å². The van der Waals surface area contributed by atoms with E-state index in [0.717, 1.165) is 11.3 Å². The van der Waals surface area contributed by atoms with Crippen LogP contribution in [0.2, 0.25) is 0 Å². The van der Waals surface area contributed by atoms with Gasteiger partial charge < -0.3 is 10.1 Å². The molecule has 1 N–H and O–H groups in total. The Kier molecular flexibility index (Phi) is 6.26. The Labute approximate surface area is 191 Å². The molecule has 0 aliphatic carbocycles. The van der Waals surface area contributed by atoms with E-state index in [1.165, 1.54) is 17.7 Å². The summed E-state index contributed by atoms with van der Waals surface area (Å²) < 4.78 is 22.0. The summed E-state index contributed by atoms with van der Waals surface area (Å²) in [7, 11) is 0. The van der Waals surface area contributed by atoms with Gasteiger partial charge in [-0.3, -0.25) is 9.48 Å². The normalized spacial score (nSPS) is 11.4. The van der Waals surface area contributed by atoms with Crippen molar-refractivity contribution in [1.29, 1.82) is 0 Å². The number of anilines is 1. The summed E-state index contributed by atoms with van der Waals surface area (Å²) in [5, 5.41) is 11.3. The van der Waals surface area contributed by atoms with Crippen LogP contribution in [-0.2, 0) is 18.7 Å². The molecule has 0 saturated carbocycles. The molecule has 0 radical (unpaired) electrons. The molecule has 0 saturated heterocycles. The number of nitrogens with one attached hydrogen (secondary N) is 1. The fourth-order valence-electron chi connectivity index (χ4n) is 3.22. The van der Waals surface area contributed by atoms with Crippen LogP contribution >= 0.6 is 0 Å². The van der Waals surface area contributed by atoms with Crippen molar-refractivity contribution in [1.82, 2.24) is 19.6 Å². The maximum atomic E-state index is 13.0. The second-order valence-electron chi connectivity index (χ2n) is 8.77. The van der Waals surface area contributed by atoms with Gasteiger partial charge in [0.15, 0.2) is 18.2 Å². The average Bonchev–Trinajstić information content (AvgIpc) is 3.43. The van der Waals surface area contributed by atoms with E-state index in [4.69, 9.17) is 4.74 Å². The SMILES string of the molecule is CC(C)(C)c1ccc(OCn2ccc(C(=O)Nc3ccn(Cc4ccc(F)cc4)n3)n2)cc1. The first-order chi connectivity index (χ1) is 15.8. The van der Waals surface area contributed by atoms with Crippen LogP contribution in [0.25, 0.3) is 0 Å². The molecular formula is C25H26FN5O2. The number of benzene rings is 2. The van der Waals surface area contributed by atoms with Crippen molar-refractivity contribution >= 4 is 11.7 Å². The summed E-state index contributed by atoms with van der Waals surface area (Å²) in [6.07, 6.45) is 3.43. The van der Waals surface area contributed by atoms with Gasteiger partial charge in [0.2, 0.25) is 0 Å². The largest absolute Gasteiger partial charge is 0.471 e. The predicted octanol–water partition coefficient (Wildman–Crippen LogP) is 4.85. The second kappa shape index (κ2) is 9.28. The van der Waals surface area contributed by atoms with Gasteiger partial charge >= 0.3 is 0 Å². The third-order valence-electron chi connectivity index (χ3n) is 5.10. The number of hydrogen-bond donors (Lipinski definition) is 1. The molecule has 2 aromatic heterocycles. The molecule has 7 nitrogen and oxygen atoms in total. The molecule has 0 atom stereocenters. The summed E-state index contributed by atoms with van der Waals surface area (Å²) in [5.41, 5.74) is 2.48. The number of amides is 1. The predicted molar refractivity (Wildman–Crippen MR) is 124 cm³/mol. The number of ether oxygens (including phenoxy) is 1. The number of nitrogens with zero attached hydrogens (tertiary/aromatic N) is 4. The number of carbonyl (C=O) groups is 1. The zero-order valence-electron chi connectivity index (χ0n) is 18.8. The summed E-state index contributed by atoms with van der Waals surface area (Å²) in [6, 6.07) is 17.5. The monoisotopic (exact) mass is 447 g/mol. The lowest BCUT2D eigenvalue weighted by molar-refractivity contribution is 0.101. The highest BCUT2D eigenvalue weighted by molar-refractivity contribution is 6.02. The first kappa shape index (κ1) is 22.3. The number of rotatable bonds is 7. The lowest BCUT2D eigenvalue weighted by Gasteiger charge is -2.19. The van der Waals surface area contributed by atoms with Crippen LogP contribution in [0.15, 0.2) is 73.1 Å². The highest BCUT2D eigenvalue weighted by atomic mass is 19.1. The first-order valence-electron chi connectivity index (χ1n) is 10.6. The number of aromatic nitrogens is 4. The lowest BCUT2D eigenvalue weighted by atomic mass is 9.87. The molecule has 0 fully saturated rings. The molecule has 0 aliphatic rings. The maximum Gasteiger partial charge on any atom is 0.277 e. The molecule has 0 bridgehead atoms. The fourth-order valence-corrected chi connectivity index (χ4v) is 3.22. The molecule has 8 heteroatoms. The van der Waals surface area contributed by atoms with Crippen LogP contribution in [-0.4, -0.2) is 25.5 Å². The summed E-state index contributed by atoms with van der Waals surface area (Å²) in [5.74, 6) is 0.494. The van der Waals surface area contributed by atoms with Gasteiger partial charge in [0, 0.05) is 18.5 Å². The van der Waals surface area contributed by atoms with Crippen molar-refractivity contribution in [2.75, 3.05) is 5.32 Å². The molecule has 33 heavy (non-hydrogen) atoms. The summed E-state index contributed by atoms with van der Waals surface area (Å²) in [6.45, 7) is 7.15. The zero-order chi connectivity index (χ0) is 23.4. The lowest BCUT2D eigenvalue weighted by Crippen LogP contribution is -2.15. The Morgan fingerprint density at radius 2 is 1.64 bits per heavy atom. The molecule has 0 aliphatic heterocycles. The van der Waals surface area contributed by atoms with E-state index in [-0.39, 0.29) is 29.6 Å². The second-order valence-corrected chi connectivity index (χ2v) is 8.77. The molecule has 1 amide bonds. The van der Waals surface area contributed by atoms with Crippen molar-refractivity contribution in [3.8, 4) is 5.75 Å². The van der Waals surface area contributed by atoms with Gasteiger partial charge in [0.05, 0.1) is 6.54 Å². The average molecular weight is 448 g/mol. The van der Waals surface area contributed by atoms with E-state index in [1.807, 2.05) is 24.3 Å². The van der Waals surface area contributed by atoms with Crippen molar-refractivity contribution in [3.05, 3.63) is 95.7 Å². The molecule has 0 unspecified atom stereocenters. The molecular weight excluding hydrogens is 421 g/mol. The quantitative estimate of drug-likeness (QED) is 0.439. The van der Waals surface area contributed by atoms with E-state index in [0.29, 0.717) is 12.4 Å². The van der Waals surface area contributed by atoms with Crippen LogP contribution in [0.5, 0.6) is 5.75 Å². The highest BCUT2D eigenvalue weighted by Crippen LogP contribution is 2.24. The molecule has 0 spiro atoms. The summed E-state index contributed by atoms with van der Waals surface area (Å²) in [4.78, 5) is 12.5. The van der Waals surface area contributed by atoms with E-state index in [9.17, 15) is 9.18 Å². The molecule has 4 rings (SSSR count). The van der Waals surface area contributed by atoms with Gasteiger partial charge in [-0.05, 0) is 46.9 Å². The van der Waals surface area contributed by atoms with Gasteiger partial charge in [0.1, 0.15) is 11.6 Å². The van der Waals surface area contributed by atoms with Crippen molar-refractivity contribution < 1.29 is 13.9 Å². The van der Waals surface area contributed by atoms with Gasteiger partial charge in [-0.2, -0.15) is 10.2 Å². The number of halogens is 1. The van der Waals surface area contributed by atoms with Crippen LogP contribution in [0.1, 0.15) is 42.4 Å². The zero-order valence-corrected chi connectivity index (χ0v) is 18.8. The minimum Gasteiger partial charge on any atom is -0.471 e. The van der Waals surface area contributed by atoms with Gasteiger partial charge in [-0.25, -0.2) is 9.07 Å². The highest BCUT2D eigenvalue weighted by Gasteiger charge is 2.14. The Hall–Kier alpha value is -3.94. The van der Waals surface area contributed by atoms with Crippen LogP contribution < -0.4 is 10.1 Å². The summed E-state index contributed by atoms with van der Waals surface area (Å²) >= 11 is 0. The number of carbonyl (C=O) groups excluding carboxylic acids is 1. The third-order valence-corrected chi connectivity index (χ3v) is 5.10. The molecule has 170 valence electrons. The number of hydrogen-bond acceptors (Lipinski definition) is 4. The minimum absolute atomic E-state index is 0.0829. The molecule has 2 aromatic carbocycles. The molecule has 4 aromatic rings. The molecule has 2 heterocycles. The van der Waals surface area contributed by atoms with Crippen molar-refractivity contribution in [2.45, 2.75) is 39.5 Å². The Morgan fingerprint density at radius 3 is 2.33 bits per heavy atom. The Balaban J connectivity index is 1.31. The van der Waals surface area contributed by atoms with Crippen molar-refractivity contribution in [2.24, 2.45) is 0 Å². The Morgan fingerprint density at radius 1 is 0.939 bits per heavy atom. The van der Waals surface area contributed by atoms with Gasteiger partial charge in [-0.15, -0.1) is 0 Å². The smallest absolute Gasteiger partial charge is 0.277 e. The fraction of sp³-hybridized carbons (Fsp3) is 0.240. The van der Waals surface area contributed by atoms with Crippen LogP contribution in [0, 0.1) is 5.82 Å². The standard InChI is InChI=1S/C25H26FN5O2/c1-25(2,3)19-6-10-21(11-7-19)33-17-31-14-12-22(28-31)24(32)27-23-13-15-30(29-23)16-18-4-8-20(26)9-5-18/h4-15H,16-17H2,1-3H3,(H,27,29,32). The van der Waals surface area contributed by atoms with Crippen LogP contribution in [0.4, 0.5) is 10.2 Å². The van der Waals surface area contributed by atoms with Gasteiger partial charge in [-0.1, -0.05) is 45.0 Å². The third kappa shape index (κ3) is 5.85. The van der Waals surface area contributed by atoms with Gasteiger partial charge in [0.25, 0.3) is 5.91 Å². The van der Waals surface area contributed by atoms with E-state index < -0.39 is 0 Å². The minimum atomic E-state index is -0.365. The Bertz CT molecular complexity index is 1220. The van der Waals surface area contributed by atoms with Crippen LogP contribution in [0.3, 0.4) is 0 Å². The topological polar surface area (TPSA) is 74.0 Å². The van der Waals surface area contributed by atoms with E-state index >= 15 is 0 Å². The maximum absolute atomic E-state index is 13.0. The van der Waals surface area contributed by atoms with E-state index in [1.54, 1.807) is 46.0 Å². The first-order valence-corrected chi connectivity index (χ1v) is 10.6.